The number of halogens is 1. The average Bonchev–Trinajstić information content (AvgIpc) is 2.52. The molecule has 19 heavy (non-hydrogen) atoms. The fraction of sp³-hybridized carbons (Fsp3) is 0.417. The summed E-state index contributed by atoms with van der Waals surface area (Å²) in [5.74, 6) is -0.527. The Bertz CT molecular complexity index is 535. The summed E-state index contributed by atoms with van der Waals surface area (Å²) in [6.45, 7) is 2.01. The minimum atomic E-state index is -0.912. The lowest BCUT2D eigenvalue weighted by atomic mass is 9.89. The van der Waals surface area contributed by atoms with Crippen LogP contribution in [-0.2, 0) is 10.3 Å². The maximum atomic E-state index is 13.9. The Hall–Kier alpha value is -1.86. The van der Waals surface area contributed by atoms with Crippen LogP contribution in [0.3, 0.4) is 0 Å². The zero-order valence-corrected chi connectivity index (χ0v) is 10.4. The first-order chi connectivity index (χ1) is 8.92. The van der Waals surface area contributed by atoms with Crippen LogP contribution in [0.25, 0.3) is 0 Å². The van der Waals surface area contributed by atoms with Crippen molar-refractivity contribution in [3.8, 4) is 0 Å². The zero-order chi connectivity index (χ0) is 14.0. The van der Waals surface area contributed by atoms with E-state index in [9.17, 15) is 14.5 Å². The molecule has 0 bridgehead atoms. The van der Waals surface area contributed by atoms with Gasteiger partial charge in [-0.1, -0.05) is 0 Å². The predicted octanol–water partition coefficient (Wildman–Crippen LogP) is 1.72. The molecule has 0 spiro atoms. The highest BCUT2D eigenvalue weighted by Gasteiger charge is 2.31. The first kappa shape index (κ1) is 13.6. The fourth-order valence-electron chi connectivity index (χ4n) is 1.98. The van der Waals surface area contributed by atoms with Crippen LogP contribution in [-0.4, -0.2) is 24.0 Å². The van der Waals surface area contributed by atoms with Crippen LogP contribution >= 0.6 is 0 Å². The van der Waals surface area contributed by atoms with E-state index in [1.54, 1.807) is 6.92 Å². The van der Waals surface area contributed by atoms with Crippen molar-refractivity contribution in [2.75, 3.05) is 6.61 Å². The molecule has 1 aliphatic heterocycles. The number of ether oxygens (including phenoxy) is 1. The number of nitrogens with zero attached hydrogens (tertiary/aromatic N) is 2. The summed E-state index contributed by atoms with van der Waals surface area (Å²) in [6, 6.07) is 3.42. The Morgan fingerprint density at radius 2 is 2.37 bits per heavy atom. The van der Waals surface area contributed by atoms with Crippen molar-refractivity contribution in [2.45, 2.75) is 25.1 Å². The molecule has 1 aromatic rings. The van der Waals surface area contributed by atoms with E-state index < -0.39 is 22.5 Å². The molecule has 102 valence electrons. The van der Waals surface area contributed by atoms with E-state index in [-0.39, 0.29) is 11.3 Å². The smallest absolute Gasteiger partial charge is 0.270 e. The van der Waals surface area contributed by atoms with Gasteiger partial charge in [0.1, 0.15) is 12.0 Å². The number of hydrogen-bond acceptors (Lipinski definition) is 5. The minimum Gasteiger partial charge on any atom is -0.358 e. The lowest BCUT2D eigenvalue weighted by Crippen LogP contribution is -2.24. The predicted molar refractivity (Wildman–Crippen MR) is 67.4 cm³/mol. The number of non-ortho nitro benzene ring substituents is 1. The largest absolute Gasteiger partial charge is 0.358 e. The summed E-state index contributed by atoms with van der Waals surface area (Å²) in [5, 5.41) is 10.8. The maximum Gasteiger partial charge on any atom is 0.270 e. The van der Waals surface area contributed by atoms with Crippen molar-refractivity contribution in [2.24, 2.45) is 10.7 Å². The summed E-state index contributed by atoms with van der Waals surface area (Å²) >= 11 is 0. The van der Waals surface area contributed by atoms with Gasteiger partial charge in [0.05, 0.1) is 17.1 Å². The van der Waals surface area contributed by atoms with Crippen LogP contribution in [0.5, 0.6) is 0 Å². The van der Waals surface area contributed by atoms with Crippen molar-refractivity contribution in [3.63, 3.8) is 0 Å². The van der Waals surface area contributed by atoms with E-state index in [0.29, 0.717) is 13.0 Å². The Morgan fingerprint density at radius 3 is 3.05 bits per heavy atom. The summed E-state index contributed by atoms with van der Waals surface area (Å²) in [6.07, 6.45) is 1.16. The Morgan fingerprint density at radius 1 is 1.63 bits per heavy atom. The Kier molecular flexibility index (Phi) is 3.59. The molecule has 1 heterocycles. The SMILES string of the molecule is C[C@@]1(c2cc([N+](=O)[O-])ccc2F)CCO[C@H](N)C=N1. The zero-order valence-electron chi connectivity index (χ0n) is 10.4. The molecule has 6 nitrogen and oxygen atoms in total. The summed E-state index contributed by atoms with van der Waals surface area (Å²) < 4.78 is 19.1. The van der Waals surface area contributed by atoms with E-state index in [1.807, 2.05) is 0 Å². The third-order valence-electron chi connectivity index (χ3n) is 3.15. The summed E-state index contributed by atoms with van der Waals surface area (Å²) in [7, 11) is 0. The number of rotatable bonds is 2. The van der Waals surface area contributed by atoms with Gasteiger partial charge in [0.15, 0.2) is 0 Å². The standard InChI is InChI=1S/C12H14FN3O3/c1-12(4-5-19-11(14)7-15-12)9-6-8(16(17)18)2-3-10(9)13/h2-3,6-7,11H,4-5,14H2,1H3/t11-,12-/m0/s1. The fourth-order valence-corrected chi connectivity index (χ4v) is 1.98. The lowest BCUT2D eigenvalue weighted by molar-refractivity contribution is -0.385. The third-order valence-corrected chi connectivity index (χ3v) is 3.15. The molecule has 2 rings (SSSR count). The van der Waals surface area contributed by atoms with Crippen LogP contribution in [0, 0.1) is 15.9 Å². The molecule has 0 saturated heterocycles. The molecule has 1 aromatic carbocycles. The van der Waals surface area contributed by atoms with Gasteiger partial charge in [-0.15, -0.1) is 0 Å². The van der Waals surface area contributed by atoms with Crippen LogP contribution in [0.2, 0.25) is 0 Å². The molecule has 2 N–H and O–H groups in total. The van der Waals surface area contributed by atoms with E-state index in [2.05, 4.69) is 4.99 Å². The van der Waals surface area contributed by atoms with Gasteiger partial charge in [0, 0.05) is 23.9 Å². The van der Waals surface area contributed by atoms with Crippen molar-refractivity contribution >= 4 is 11.9 Å². The van der Waals surface area contributed by atoms with E-state index in [1.165, 1.54) is 12.3 Å². The molecule has 0 amide bonds. The Balaban J connectivity index is 2.47. The molecule has 0 radical (unpaired) electrons. The summed E-state index contributed by atoms with van der Waals surface area (Å²) in [4.78, 5) is 14.4. The number of aliphatic imine (C=N–C) groups is 1. The van der Waals surface area contributed by atoms with Gasteiger partial charge in [-0.2, -0.15) is 0 Å². The first-order valence-corrected chi connectivity index (χ1v) is 5.79. The van der Waals surface area contributed by atoms with Crippen molar-refractivity contribution in [1.29, 1.82) is 0 Å². The quantitative estimate of drug-likeness (QED) is 0.652. The number of nitro benzene ring substituents is 1. The van der Waals surface area contributed by atoms with Gasteiger partial charge in [-0.25, -0.2) is 4.39 Å². The molecular formula is C12H14FN3O3. The molecule has 0 fully saturated rings. The average molecular weight is 267 g/mol. The second kappa shape index (κ2) is 5.02. The monoisotopic (exact) mass is 267 g/mol. The normalized spacial score (nSPS) is 27.0. The van der Waals surface area contributed by atoms with Gasteiger partial charge >= 0.3 is 0 Å². The highest BCUT2D eigenvalue weighted by molar-refractivity contribution is 5.63. The molecule has 0 aliphatic carbocycles. The van der Waals surface area contributed by atoms with E-state index in [0.717, 1.165) is 12.1 Å². The van der Waals surface area contributed by atoms with Gasteiger partial charge in [0.25, 0.3) is 5.69 Å². The lowest BCUT2D eigenvalue weighted by Gasteiger charge is -2.24. The maximum absolute atomic E-state index is 13.9. The first-order valence-electron chi connectivity index (χ1n) is 5.79. The van der Waals surface area contributed by atoms with Gasteiger partial charge in [-0.05, 0) is 19.4 Å². The molecule has 0 aromatic heterocycles. The molecule has 0 saturated carbocycles. The van der Waals surface area contributed by atoms with Crippen LogP contribution in [0.4, 0.5) is 10.1 Å². The van der Waals surface area contributed by atoms with Crippen molar-refractivity contribution in [1.82, 2.24) is 0 Å². The molecule has 2 atom stereocenters. The minimum absolute atomic E-state index is 0.165. The second-order valence-electron chi connectivity index (χ2n) is 4.56. The number of hydrogen-bond donors (Lipinski definition) is 1. The molecule has 0 unspecified atom stereocenters. The van der Waals surface area contributed by atoms with E-state index >= 15 is 0 Å². The van der Waals surface area contributed by atoms with Gasteiger partial charge < -0.3 is 10.5 Å². The van der Waals surface area contributed by atoms with E-state index in [4.69, 9.17) is 10.5 Å². The summed E-state index contributed by atoms with van der Waals surface area (Å²) in [5.41, 5.74) is 4.68. The molecule has 1 aliphatic rings. The van der Waals surface area contributed by atoms with Crippen molar-refractivity contribution < 1.29 is 14.1 Å². The van der Waals surface area contributed by atoms with Gasteiger partial charge in [-0.3, -0.25) is 15.1 Å². The third kappa shape index (κ3) is 2.77. The Labute approximate surface area is 109 Å². The van der Waals surface area contributed by atoms with Crippen LogP contribution < -0.4 is 5.73 Å². The highest BCUT2D eigenvalue weighted by Crippen LogP contribution is 2.34. The van der Waals surface area contributed by atoms with Crippen molar-refractivity contribution in [3.05, 3.63) is 39.7 Å². The number of nitro groups is 1. The second-order valence-corrected chi connectivity index (χ2v) is 4.56. The van der Waals surface area contributed by atoms with Gasteiger partial charge in [0.2, 0.25) is 0 Å². The number of benzene rings is 1. The van der Waals surface area contributed by atoms with Crippen LogP contribution in [0.15, 0.2) is 23.2 Å². The number of nitrogens with two attached hydrogens (primary N) is 1. The molecular weight excluding hydrogens is 253 g/mol. The topological polar surface area (TPSA) is 90.8 Å². The molecule has 7 heteroatoms. The van der Waals surface area contributed by atoms with Crippen LogP contribution in [0.1, 0.15) is 18.9 Å². The highest BCUT2D eigenvalue weighted by atomic mass is 19.1.